The molecule has 10 aromatic rings. The van der Waals surface area contributed by atoms with Crippen LogP contribution in [0.25, 0.3) is 93.7 Å². The maximum absolute atomic E-state index is 15.8. The van der Waals surface area contributed by atoms with Gasteiger partial charge in [0.05, 0.1) is 45.6 Å². The molecule has 0 amide bonds. The van der Waals surface area contributed by atoms with Crippen LogP contribution in [0, 0.1) is 6.57 Å². The zero-order valence-corrected chi connectivity index (χ0v) is 29.3. The summed E-state index contributed by atoms with van der Waals surface area (Å²) in [6.07, 6.45) is 1.91. The van der Waals surface area contributed by atoms with E-state index in [-0.39, 0.29) is 5.69 Å². The van der Waals surface area contributed by atoms with Crippen LogP contribution in [0.2, 0.25) is 0 Å². The second-order valence-electron chi connectivity index (χ2n) is 13.4. The van der Waals surface area contributed by atoms with Crippen LogP contribution in [0.5, 0.6) is 0 Å². The van der Waals surface area contributed by atoms with Gasteiger partial charge in [-0.3, -0.25) is 0 Å². The average Bonchev–Trinajstić information content (AvgIpc) is 3.75. The van der Waals surface area contributed by atoms with E-state index < -0.39 is 11.7 Å². The second kappa shape index (κ2) is 12.7. The number of hydrogen-bond donors (Lipinski definition) is 0. The van der Waals surface area contributed by atoms with E-state index in [0.29, 0.717) is 50.7 Å². The number of fused-ring (bicyclic) bond motifs is 6. The molecule has 4 aromatic heterocycles. The zero-order chi connectivity index (χ0) is 38.0. The van der Waals surface area contributed by atoms with Crippen LogP contribution in [-0.2, 0) is 6.18 Å². The Labute approximate surface area is 317 Å². The Kier molecular flexibility index (Phi) is 7.50. The Morgan fingerprint density at radius 1 is 0.464 bits per heavy atom. The lowest BCUT2D eigenvalue weighted by molar-refractivity contribution is -0.137. The number of para-hydroxylation sites is 2. The van der Waals surface area contributed by atoms with Crippen LogP contribution >= 0.6 is 0 Å². The van der Waals surface area contributed by atoms with Gasteiger partial charge in [-0.25, -0.2) is 24.8 Å². The lowest BCUT2D eigenvalue weighted by Gasteiger charge is -2.22. The molecule has 0 aliphatic rings. The molecule has 0 saturated heterocycles. The molecule has 0 radical (unpaired) electrons. The van der Waals surface area contributed by atoms with E-state index in [1.165, 1.54) is 6.07 Å². The molecule has 56 heavy (non-hydrogen) atoms. The van der Waals surface area contributed by atoms with Gasteiger partial charge in [-0.2, -0.15) is 13.2 Å². The standard InChI is InChI=1S/C46H26F3N7/c1-50-31-10-6-9-28(23-31)34-26-43(56-39-14-5-3-12-33(39)36-25-30(16-18-41(36)56)45-53-21-8-22-54-45)37(46(47,48)49)27-42(34)55-38-13-4-2-11-32(38)35-24-29(15-17-40(35)55)44-51-19-7-20-52-44/h2-27H. The number of benzene rings is 6. The molecule has 0 aliphatic carbocycles. The SMILES string of the molecule is [C-]#[N+]c1cccc(-c2cc(-n3c4ccccc4c4cc(-c5ncccn5)ccc43)c(C(F)(F)F)cc2-n2c3ccccc3c3cc(-c4ncccn4)ccc32)c1. The Balaban J connectivity index is 1.31. The average molecular weight is 734 g/mol. The predicted molar refractivity (Wildman–Crippen MR) is 214 cm³/mol. The maximum Gasteiger partial charge on any atom is 0.418 e. The van der Waals surface area contributed by atoms with Gasteiger partial charge in [0.25, 0.3) is 0 Å². The molecular weight excluding hydrogens is 708 g/mol. The minimum Gasteiger partial charge on any atom is -0.309 e. The molecule has 266 valence electrons. The van der Waals surface area contributed by atoms with E-state index in [1.807, 2.05) is 95.6 Å². The van der Waals surface area contributed by atoms with Crippen LogP contribution < -0.4 is 0 Å². The number of halogens is 3. The molecule has 0 saturated carbocycles. The Morgan fingerprint density at radius 2 is 0.982 bits per heavy atom. The maximum atomic E-state index is 15.8. The lowest BCUT2D eigenvalue weighted by Crippen LogP contribution is -2.13. The number of hydrogen-bond acceptors (Lipinski definition) is 4. The Hall–Kier alpha value is -7.64. The molecule has 10 rings (SSSR count). The first kappa shape index (κ1) is 33.0. The predicted octanol–water partition coefficient (Wildman–Crippen LogP) is 12.0. The Bertz CT molecular complexity index is 3200. The van der Waals surface area contributed by atoms with Crippen LogP contribution in [-0.4, -0.2) is 29.1 Å². The molecule has 0 bridgehead atoms. The molecule has 0 aliphatic heterocycles. The minimum absolute atomic E-state index is 0.0383. The summed E-state index contributed by atoms with van der Waals surface area (Å²) in [7, 11) is 0. The number of nitrogens with zero attached hydrogens (tertiary/aromatic N) is 7. The molecule has 0 atom stereocenters. The summed E-state index contributed by atoms with van der Waals surface area (Å²) in [5, 5.41) is 3.25. The van der Waals surface area contributed by atoms with E-state index in [9.17, 15) is 0 Å². The van der Waals surface area contributed by atoms with Crippen molar-refractivity contribution in [3.8, 4) is 45.3 Å². The summed E-state index contributed by atoms with van der Waals surface area (Å²) >= 11 is 0. The first-order valence-electron chi connectivity index (χ1n) is 17.7. The van der Waals surface area contributed by atoms with Crippen molar-refractivity contribution in [2.24, 2.45) is 0 Å². The summed E-state index contributed by atoms with van der Waals surface area (Å²) in [4.78, 5) is 21.3. The van der Waals surface area contributed by atoms with Crippen LogP contribution in [0.3, 0.4) is 0 Å². The number of rotatable bonds is 5. The third kappa shape index (κ3) is 5.28. The van der Waals surface area contributed by atoms with E-state index in [4.69, 9.17) is 6.57 Å². The molecular formula is C46H26F3N7. The molecule has 0 unspecified atom stereocenters. The largest absolute Gasteiger partial charge is 0.418 e. The molecule has 0 fully saturated rings. The van der Waals surface area contributed by atoms with Crippen molar-refractivity contribution in [1.82, 2.24) is 29.1 Å². The second-order valence-corrected chi connectivity index (χ2v) is 13.4. The van der Waals surface area contributed by atoms with E-state index >= 15 is 13.2 Å². The smallest absolute Gasteiger partial charge is 0.309 e. The van der Waals surface area contributed by atoms with Crippen molar-refractivity contribution in [3.63, 3.8) is 0 Å². The lowest BCUT2D eigenvalue weighted by atomic mass is 9.98. The van der Waals surface area contributed by atoms with Crippen molar-refractivity contribution in [2.75, 3.05) is 0 Å². The van der Waals surface area contributed by atoms with Gasteiger partial charge in [-0.05, 0) is 84.4 Å². The highest BCUT2D eigenvalue weighted by atomic mass is 19.4. The number of alkyl halides is 3. The van der Waals surface area contributed by atoms with E-state index in [1.54, 1.807) is 65.8 Å². The first-order chi connectivity index (χ1) is 27.4. The van der Waals surface area contributed by atoms with Gasteiger partial charge >= 0.3 is 6.18 Å². The monoisotopic (exact) mass is 733 g/mol. The topological polar surface area (TPSA) is 65.8 Å². The van der Waals surface area contributed by atoms with Crippen molar-refractivity contribution >= 4 is 49.3 Å². The summed E-state index contributed by atoms with van der Waals surface area (Å²) in [6.45, 7) is 7.78. The van der Waals surface area contributed by atoms with Gasteiger partial charge in [0, 0.05) is 63.0 Å². The summed E-state index contributed by atoms with van der Waals surface area (Å²) in [5.41, 5.74) is 5.15. The fourth-order valence-electron chi connectivity index (χ4n) is 7.79. The van der Waals surface area contributed by atoms with Gasteiger partial charge in [0.2, 0.25) is 0 Å². The third-order valence-electron chi connectivity index (χ3n) is 10.2. The molecule has 0 N–H and O–H groups in total. The highest BCUT2D eigenvalue weighted by Crippen LogP contribution is 2.45. The van der Waals surface area contributed by atoms with E-state index in [2.05, 4.69) is 24.8 Å². The van der Waals surface area contributed by atoms with E-state index in [0.717, 1.165) is 38.2 Å². The van der Waals surface area contributed by atoms with Crippen LogP contribution in [0.1, 0.15) is 5.56 Å². The van der Waals surface area contributed by atoms with Gasteiger partial charge in [0.15, 0.2) is 17.3 Å². The third-order valence-corrected chi connectivity index (χ3v) is 10.2. The van der Waals surface area contributed by atoms with Crippen LogP contribution in [0.15, 0.2) is 158 Å². The molecule has 10 heteroatoms. The van der Waals surface area contributed by atoms with Crippen LogP contribution in [0.4, 0.5) is 18.9 Å². The van der Waals surface area contributed by atoms with Gasteiger partial charge in [0.1, 0.15) is 0 Å². The van der Waals surface area contributed by atoms with Gasteiger partial charge in [-0.1, -0.05) is 54.6 Å². The minimum atomic E-state index is -4.76. The highest BCUT2D eigenvalue weighted by Gasteiger charge is 2.37. The highest BCUT2D eigenvalue weighted by molar-refractivity contribution is 6.12. The quantitative estimate of drug-likeness (QED) is 0.165. The van der Waals surface area contributed by atoms with Crippen molar-refractivity contribution in [2.45, 2.75) is 6.18 Å². The molecule has 6 aromatic carbocycles. The zero-order valence-electron chi connectivity index (χ0n) is 29.3. The fourth-order valence-corrected chi connectivity index (χ4v) is 7.79. The summed E-state index contributed by atoms with van der Waals surface area (Å²) in [5.74, 6) is 1.06. The molecule has 7 nitrogen and oxygen atoms in total. The Morgan fingerprint density at radius 3 is 1.52 bits per heavy atom. The van der Waals surface area contributed by atoms with Crippen molar-refractivity contribution in [1.29, 1.82) is 0 Å². The fraction of sp³-hybridized carbons (Fsp3) is 0.0217. The summed E-state index contributed by atoms with van der Waals surface area (Å²) < 4.78 is 50.9. The molecule has 0 spiro atoms. The van der Waals surface area contributed by atoms with Gasteiger partial charge < -0.3 is 9.13 Å². The summed E-state index contributed by atoms with van der Waals surface area (Å²) in [6, 6.07) is 39.9. The normalized spacial score (nSPS) is 11.8. The number of aromatic nitrogens is 6. The van der Waals surface area contributed by atoms with Gasteiger partial charge in [-0.15, -0.1) is 0 Å². The first-order valence-corrected chi connectivity index (χ1v) is 17.7. The van der Waals surface area contributed by atoms with Crippen molar-refractivity contribution < 1.29 is 13.2 Å². The molecule has 4 heterocycles. The van der Waals surface area contributed by atoms with Crippen molar-refractivity contribution in [3.05, 3.63) is 175 Å².